The van der Waals surface area contributed by atoms with Crippen LogP contribution in [0.5, 0.6) is 5.75 Å². The van der Waals surface area contributed by atoms with E-state index in [1.54, 1.807) is 7.11 Å². The molecule has 0 aliphatic carbocycles. The molecule has 29 heavy (non-hydrogen) atoms. The second-order valence-electron chi connectivity index (χ2n) is 7.83. The summed E-state index contributed by atoms with van der Waals surface area (Å²) in [6, 6.07) is 18.6. The molecule has 0 radical (unpaired) electrons. The number of carbonyl (C=O) groups is 1. The summed E-state index contributed by atoms with van der Waals surface area (Å²) in [5, 5.41) is 3.30. The van der Waals surface area contributed by atoms with E-state index in [9.17, 15) is 4.79 Å². The predicted molar refractivity (Wildman–Crippen MR) is 118 cm³/mol. The molecule has 1 heterocycles. The number of ether oxygens (including phenoxy) is 1. The van der Waals surface area contributed by atoms with Gasteiger partial charge in [0, 0.05) is 5.69 Å². The van der Waals surface area contributed by atoms with Gasteiger partial charge in [0.15, 0.2) is 6.04 Å². The maximum atomic E-state index is 13.0. The molecule has 1 aliphatic rings. The van der Waals surface area contributed by atoms with E-state index in [0.29, 0.717) is 0 Å². The topological polar surface area (TPSA) is 46.0 Å². The van der Waals surface area contributed by atoms with Gasteiger partial charge in [-0.3, -0.25) is 4.79 Å². The summed E-state index contributed by atoms with van der Waals surface area (Å²) >= 11 is 0. The van der Waals surface area contributed by atoms with Gasteiger partial charge in [-0.05, 0) is 43.2 Å². The van der Waals surface area contributed by atoms with Crippen LogP contribution < -0.4 is 19.9 Å². The summed E-state index contributed by atoms with van der Waals surface area (Å²) in [6.45, 7) is 8.05. The molecular formula is C24H34N3O2+. The molecular weight excluding hydrogens is 362 g/mol. The molecule has 1 amide bonds. The summed E-state index contributed by atoms with van der Waals surface area (Å²) in [7, 11) is 1.69. The standard InChI is InChI=1S/C24H33N3O2/c1-4-8-23(20-9-6-5-7-10-20)25-24(28)19(2)26-15-17-27(18-16-26)21-11-13-22(29-3)14-12-21/h5-7,9-14,19,23H,4,8,15-18H2,1-3H3,(H,25,28)/p+1/t19-,23+/m1/s1. The van der Waals surface area contributed by atoms with Gasteiger partial charge < -0.3 is 19.9 Å². The molecule has 1 aliphatic heterocycles. The molecule has 0 saturated carbocycles. The van der Waals surface area contributed by atoms with Crippen molar-refractivity contribution in [3.05, 3.63) is 60.2 Å². The molecule has 0 aromatic heterocycles. The van der Waals surface area contributed by atoms with E-state index < -0.39 is 0 Å². The van der Waals surface area contributed by atoms with Crippen LogP contribution in [0.1, 0.15) is 38.3 Å². The Morgan fingerprint density at radius 3 is 2.34 bits per heavy atom. The van der Waals surface area contributed by atoms with Crippen molar-refractivity contribution >= 4 is 11.6 Å². The van der Waals surface area contributed by atoms with Crippen molar-refractivity contribution in [3.8, 4) is 5.75 Å². The van der Waals surface area contributed by atoms with Crippen molar-refractivity contribution in [3.63, 3.8) is 0 Å². The molecule has 1 fully saturated rings. The van der Waals surface area contributed by atoms with Gasteiger partial charge in [-0.15, -0.1) is 0 Å². The van der Waals surface area contributed by atoms with Crippen LogP contribution >= 0.6 is 0 Å². The Bertz CT molecular complexity index is 755. The first kappa shape index (κ1) is 21.2. The molecule has 0 unspecified atom stereocenters. The fourth-order valence-corrected chi connectivity index (χ4v) is 4.06. The molecule has 2 N–H and O–H groups in total. The highest BCUT2D eigenvalue weighted by Crippen LogP contribution is 2.20. The number of hydrogen-bond acceptors (Lipinski definition) is 3. The molecule has 156 valence electrons. The van der Waals surface area contributed by atoms with Crippen LogP contribution in [0.4, 0.5) is 5.69 Å². The van der Waals surface area contributed by atoms with Crippen molar-refractivity contribution in [2.75, 3.05) is 38.2 Å². The van der Waals surface area contributed by atoms with E-state index in [-0.39, 0.29) is 18.0 Å². The number of quaternary nitrogens is 1. The van der Waals surface area contributed by atoms with Crippen molar-refractivity contribution in [1.82, 2.24) is 5.32 Å². The first-order valence-corrected chi connectivity index (χ1v) is 10.7. The molecule has 2 atom stereocenters. The molecule has 5 heteroatoms. The van der Waals surface area contributed by atoms with Crippen LogP contribution in [0.3, 0.4) is 0 Å². The number of benzene rings is 2. The van der Waals surface area contributed by atoms with E-state index in [2.05, 4.69) is 48.3 Å². The number of piperazine rings is 1. The number of methoxy groups -OCH3 is 1. The quantitative estimate of drug-likeness (QED) is 0.721. The maximum Gasteiger partial charge on any atom is 0.278 e. The summed E-state index contributed by atoms with van der Waals surface area (Å²) in [5.41, 5.74) is 2.41. The van der Waals surface area contributed by atoms with Crippen molar-refractivity contribution in [1.29, 1.82) is 0 Å². The van der Waals surface area contributed by atoms with Crippen LogP contribution in [0.2, 0.25) is 0 Å². The maximum absolute atomic E-state index is 13.0. The third-order valence-corrected chi connectivity index (χ3v) is 5.94. The van der Waals surface area contributed by atoms with E-state index in [0.717, 1.165) is 44.8 Å². The van der Waals surface area contributed by atoms with E-state index in [4.69, 9.17) is 4.74 Å². The lowest BCUT2D eigenvalue weighted by Gasteiger charge is -2.36. The number of carbonyl (C=O) groups excluding carboxylic acids is 1. The lowest BCUT2D eigenvalue weighted by molar-refractivity contribution is -0.914. The van der Waals surface area contributed by atoms with Crippen LogP contribution in [0, 0.1) is 0 Å². The summed E-state index contributed by atoms with van der Waals surface area (Å²) in [5.74, 6) is 1.03. The minimum Gasteiger partial charge on any atom is -0.497 e. The number of amides is 1. The largest absolute Gasteiger partial charge is 0.497 e. The lowest BCUT2D eigenvalue weighted by Crippen LogP contribution is -3.19. The minimum atomic E-state index is -0.0453. The number of rotatable bonds is 8. The van der Waals surface area contributed by atoms with Crippen LogP contribution in [-0.2, 0) is 4.79 Å². The zero-order valence-electron chi connectivity index (χ0n) is 17.9. The van der Waals surface area contributed by atoms with Gasteiger partial charge in [0.2, 0.25) is 0 Å². The summed E-state index contributed by atoms with van der Waals surface area (Å²) in [4.78, 5) is 16.7. The number of nitrogens with zero attached hydrogens (tertiary/aromatic N) is 1. The fourth-order valence-electron chi connectivity index (χ4n) is 4.06. The van der Waals surface area contributed by atoms with Gasteiger partial charge in [-0.1, -0.05) is 43.7 Å². The third-order valence-electron chi connectivity index (χ3n) is 5.94. The Balaban J connectivity index is 1.54. The Hall–Kier alpha value is -2.53. The molecule has 2 aromatic rings. The van der Waals surface area contributed by atoms with Crippen LogP contribution in [0.25, 0.3) is 0 Å². The highest BCUT2D eigenvalue weighted by atomic mass is 16.5. The van der Waals surface area contributed by atoms with Crippen LogP contribution in [0.15, 0.2) is 54.6 Å². The van der Waals surface area contributed by atoms with E-state index in [1.807, 2.05) is 30.3 Å². The summed E-state index contributed by atoms with van der Waals surface area (Å²) < 4.78 is 5.25. The zero-order valence-corrected chi connectivity index (χ0v) is 17.9. The zero-order chi connectivity index (χ0) is 20.6. The second-order valence-corrected chi connectivity index (χ2v) is 7.83. The second kappa shape index (κ2) is 10.3. The van der Waals surface area contributed by atoms with Gasteiger partial charge >= 0.3 is 0 Å². The van der Waals surface area contributed by atoms with Gasteiger partial charge in [0.25, 0.3) is 5.91 Å². The third kappa shape index (κ3) is 5.51. The fraction of sp³-hybridized carbons (Fsp3) is 0.458. The van der Waals surface area contributed by atoms with Crippen molar-refractivity contribution in [2.45, 2.75) is 38.8 Å². The van der Waals surface area contributed by atoms with Gasteiger partial charge in [-0.25, -0.2) is 0 Å². The van der Waals surface area contributed by atoms with Crippen molar-refractivity contribution < 1.29 is 14.4 Å². The number of anilines is 1. The molecule has 1 saturated heterocycles. The molecule has 0 spiro atoms. The highest BCUT2D eigenvalue weighted by Gasteiger charge is 2.30. The SMILES string of the molecule is CCC[C@H](NC(=O)[C@@H](C)[NH+]1CCN(c2ccc(OC)cc2)CC1)c1ccccc1. The average Bonchev–Trinajstić information content (AvgIpc) is 2.79. The number of nitrogens with one attached hydrogen (secondary N) is 2. The first-order valence-electron chi connectivity index (χ1n) is 10.7. The average molecular weight is 397 g/mol. The highest BCUT2D eigenvalue weighted by molar-refractivity contribution is 5.80. The Morgan fingerprint density at radius 1 is 1.10 bits per heavy atom. The molecule has 2 aromatic carbocycles. The lowest BCUT2D eigenvalue weighted by atomic mass is 10.0. The molecule has 3 rings (SSSR count). The summed E-state index contributed by atoms with van der Waals surface area (Å²) in [6.07, 6.45) is 2.00. The Morgan fingerprint density at radius 2 is 1.76 bits per heavy atom. The monoisotopic (exact) mass is 396 g/mol. The number of hydrogen-bond donors (Lipinski definition) is 2. The molecule has 5 nitrogen and oxygen atoms in total. The van der Waals surface area contributed by atoms with Gasteiger partial charge in [0.05, 0.1) is 39.3 Å². The Labute approximate surface area is 174 Å². The smallest absolute Gasteiger partial charge is 0.278 e. The van der Waals surface area contributed by atoms with Crippen LogP contribution in [-0.4, -0.2) is 45.2 Å². The predicted octanol–water partition coefficient (Wildman–Crippen LogP) is 2.45. The van der Waals surface area contributed by atoms with E-state index >= 15 is 0 Å². The van der Waals surface area contributed by atoms with E-state index in [1.165, 1.54) is 16.2 Å². The Kier molecular flexibility index (Phi) is 7.53. The van der Waals surface area contributed by atoms with Crippen molar-refractivity contribution in [2.24, 2.45) is 0 Å². The van der Waals surface area contributed by atoms with Gasteiger partial charge in [0.1, 0.15) is 5.75 Å². The normalized spacial score (nSPS) is 16.9. The molecule has 0 bridgehead atoms. The minimum absolute atomic E-state index is 0.0453. The first-order chi connectivity index (χ1) is 14.1. The van der Waals surface area contributed by atoms with Gasteiger partial charge in [-0.2, -0.15) is 0 Å².